The van der Waals surface area contributed by atoms with Gasteiger partial charge in [0, 0.05) is 26.2 Å². The van der Waals surface area contributed by atoms with Gasteiger partial charge < -0.3 is 15.6 Å². The monoisotopic (exact) mass is 216 g/mol. The van der Waals surface area contributed by atoms with Gasteiger partial charge in [-0.15, -0.1) is 0 Å². The molecule has 4 nitrogen and oxygen atoms in total. The van der Waals surface area contributed by atoms with Crippen LogP contribution in [0.5, 0.6) is 0 Å². The average molecular weight is 216 g/mol. The van der Waals surface area contributed by atoms with E-state index in [9.17, 15) is 0 Å². The molecular formula is C11H24N2O2. The molecule has 1 rings (SSSR count). The van der Waals surface area contributed by atoms with Gasteiger partial charge in [0.25, 0.3) is 0 Å². The third-order valence-corrected chi connectivity index (χ3v) is 3.36. The highest BCUT2D eigenvalue weighted by Crippen LogP contribution is 2.28. The van der Waals surface area contributed by atoms with E-state index in [1.807, 2.05) is 0 Å². The molecule has 0 saturated heterocycles. The van der Waals surface area contributed by atoms with Crippen LogP contribution >= 0.6 is 0 Å². The fraction of sp³-hybridized carbons (Fsp3) is 1.00. The molecule has 0 aromatic heterocycles. The quantitative estimate of drug-likeness (QED) is 0.631. The zero-order valence-corrected chi connectivity index (χ0v) is 9.69. The smallest absolute Gasteiger partial charge is 0.0589 e. The van der Waals surface area contributed by atoms with Crippen molar-refractivity contribution in [2.45, 2.75) is 25.3 Å². The second-order valence-corrected chi connectivity index (χ2v) is 4.25. The van der Waals surface area contributed by atoms with Gasteiger partial charge >= 0.3 is 0 Å². The molecule has 1 aliphatic carbocycles. The predicted octanol–water partition coefficient (Wildman–Crippen LogP) is 0.0545. The average Bonchev–Trinajstić information content (AvgIpc) is 2.72. The molecule has 0 heterocycles. The molecule has 0 aromatic carbocycles. The zero-order chi connectivity index (χ0) is 11.1. The number of nitrogens with zero attached hydrogens (tertiary/aromatic N) is 1. The summed E-state index contributed by atoms with van der Waals surface area (Å²) in [4.78, 5) is 2.33. The normalized spacial score (nSPS) is 26.4. The Morgan fingerprint density at radius 2 is 2.20 bits per heavy atom. The third-order valence-electron chi connectivity index (χ3n) is 3.36. The van der Waals surface area contributed by atoms with Crippen LogP contribution in [0.2, 0.25) is 0 Å². The standard InChI is InChI=1S/C11H24N2O2/c1-15-8-6-13(5-7-14)11-4-2-3-10(11)9-12/h10-11,14H,2-9,12H2,1H3. The minimum atomic E-state index is 0.220. The van der Waals surface area contributed by atoms with Crippen molar-refractivity contribution in [2.24, 2.45) is 11.7 Å². The van der Waals surface area contributed by atoms with Crippen molar-refractivity contribution >= 4 is 0 Å². The van der Waals surface area contributed by atoms with Gasteiger partial charge in [0.1, 0.15) is 0 Å². The van der Waals surface area contributed by atoms with E-state index in [0.29, 0.717) is 12.0 Å². The van der Waals surface area contributed by atoms with Crippen molar-refractivity contribution in [3.63, 3.8) is 0 Å². The van der Waals surface area contributed by atoms with E-state index in [4.69, 9.17) is 15.6 Å². The molecule has 4 heteroatoms. The maximum atomic E-state index is 9.04. The van der Waals surface area contributed by atoms with Gasteiger partial charge in [0.15, 0.2) is 0 Å². The molecule has 0 bridgehead atoms. The van der Waals surface area contributed by atoms with Gasteiger partial charge in [-0.25, -0.2) is 0 Å². The van der Waals surface area contributed by atoms with Crippen LogP contribution in [0.25, 0.3) is 0 Å². The Morgan fingerprint density at radius 1 is 1.40 bits per heavy atom. The van der Waals surface area contributed by atoms with Gasteiger partial charge in [0.05, 0.1) is 13.2 Å². The lowest BCUT2D eigenvalue weighted by molar-refractivity contribution is 0.0873. The summed E-state index contributed by atoms with van der Waals surface area (Å²) in [6.07, 6.45) is 3.71. The number of ether oxygens (including phenoxy) is 1. The molecule has 3 N–H and O–H groups in total. The Bertz CT molecular complexity index is 167. The van der Waals surface area contributed by atoms with Gasteiger partial charge in [0.2, 0.25) is 0 Å². The highest BCUT2D eigenvalue weighted by Gasteiger charge is 2.30. The van der Waals surface area contributed by atoms with Crippen molar-refractivity contribution in [2.75, 3.05) is 40.0 Å². The first-order chi connectivity index (χ1) is 7.33. The number of nitrogens with two attached hydrogens (primary N) is 1. The summed E-state index contributed by atoms with van der Waals surface area (Å²) in [6.45, 7) is 3.35. The maximum absolute atomic E-state index is 9.04. The van der Waals surface area contributed by atoms with Gasteiger partial charge in [-0.1, -0.05) is 6.42 Å². The summed E-state index contributed by atoms with van der Waals surface area (Å²) >= 11 is 0. The van der Waals surface area contributed by atoms with Crippen LogP contribution in [-0.2, 0) is 4.74 Å². The molecule has 1 aliphatic rings. The number of hydrogen-bond donors (Lipinski definition) is 2. The summed E-state index contributed by atoms with van der Waals surface area (Å²) in [6, 6.07) is 0.553. The zero-order valence-electron chi connectivity index (χ0n) is 9.69. The van der Waals surface area contributed by atoms with Crippen LogP contribution in [0.1, 0.15) is 19.3 Å². The third kappa shape index (κ3) is 3.72. The fourth-order valence-electron chi connectivity index (χ4n) is 2.55. The second kappa shape index (κ2) is 7.17. The van der Waals surface area contributed by atoms with E-state index in [1.165, 1.54) is 19.3 Å². The summed E-state index contributed by atoms with van der Waals surface area (Å²) in [7, 11) is 1.71. The summed E-state index contributed by atoms with van der Waals surface area (Å²) in [5.74, 6) is 0.605. The largest absolute Gasteiger partial charge is 0.395 e. The van der Waals surface area contributed by atoms with Gasteiger partial charge in [-0.2, -0.15) is 0 Å². The molecule has 1 saturated carbocycles. The minimum absolute atomic E-state index is 0.220. The molecule has 1 fully saturated rings. The summed E-state index contributed by atoms with van der Waals surface area (Å²) in [5, 5.41) is 9.04. The minimum Gasteiger partial charge on any atom is -0.395 e. The van der Waals surface area contributed by atoms with E-state index in [2.05, 4.69) is 4.90 Å². The maximum Gasteiger partial charge on any atom is 0.0589 e. The molecule has 0 amide bonds. The van der Waals surface area contributed by atoms with Crippen LogP contribution in [-0.4, -0.2) is 56.0 Å². The first-order valence-corrected chi connectivity index (χ1v) is 5.87. The Kier molecular flexibility index (Phi) is 6.17. The van der Waals surface area contributed by atoms with E-state index < -0.39 is 0 Å². The van der Waals surface area contributed by atoms with E-state index in [0.717, 1.165) is 26.2 Å². The van der Waals surface area contributed by atoms with E-state index in [1.54, 1.807) is 7.11 Å². The van der Waals surface area contributed by atoms with Crippen molar-refractivity contribution in [1.82, 2.24) is 4.90 Å². The lowest BCUT2D eigenvalue weighted by Crippen LogP contribution is -2.43. The number of hydrogen-bond acceptors (Lipinski definition) is 4. The molecular weight excluding hydrogens is 192 g/mol. The first-order valence-electron chi connectivity index (χ1n) is 5.87. The molecule has 0 radical (unpaired) electrons. The van der Waals surface area contributed by atoms with Crippen molar-refractivity contribution in [3.8, 4) is 0 Å². The fourth-order valence-corrected chi connectivity index (χ4v) is 2.55. The van der Waals surface area contributed by atoms with Gasteiger partial charge in [-0.05, 0) is 25.3 Å². The lowest BCUT2D eigenvalue weighted by Gasteiger charge is -2.31. The van der Waals surface area contributed by atoms with Gasteiger partial charge in [-0.3, -0.25) is 4.90 Å². The van der Waals surface area contributed by atoms with Crippen LogP contribution < -0.4 is 5.73 Å². The number of aliphatic hydroxyl groups excluding tert-OH is 1. The SMILES string of the molecule is COCCN(CCO)C1CCCC1CN. The molecule has 2 atom stereocenters. The molecule has 0 aliphatic heterocycles. The topological polar surface area (TPSA) is 58.7 Å². The Labute approximate surface area is 92.4 Å². The Morgan fingerprint density at radius 3 is 2.80 bits per heavy atom. The van der Waals surface area contributed by atoms with Crippen molar-refractivity contribution in [1.29, 1.82) is 0 Å². The van der Waals surface area contributed by atoms with E-state index in [-0.39, 0.29) is 6.61 Å². The van der Waals surface area contributed by atoms with Crippen LogP contribution in [0, 0.1) is 5.92 Å². The molecule has 0 aromatic rings. The molecule has 90 valence electrons. The predicted molar refractivity (Wildman–Crippen MR) is 60.7 cm³/mol. The lowest BCUT2D eigenvalue weighted by atomic mass is 10.0. The molecule has 2 unspecified atom stereocenters. The Hall–Kier alpha value is -0.160. The van der Waals surface area contributed by atoms with Crippen LogP contribution in [0.15, 0.2) is 0 Å². The molecule has 0 spiro atoms. The first kappa shape index (κ1) is 12.9. The summed E-state index contributed by atoms with van der Waals surface area (Å²) in [5.41, 5.74) is 5.77. The highest BCUT2D eigenvalue weighted by atomic mass is 16.5. The Balaban J connectivity index is 2.45. The van der Waals surface area contributed by atoms with Crippen LogP contribution in [0.3, 0.4) is 0 Å². The van der Waals surface area contributed by atoms with Crippen molar-refractivity contribution < 1.29 is 9.84 Å². The summed E-state index contributed by atoms with van der Waals surface area (Å²) < 4.78 is 5.09. The number of methoxy groups -OCH3 is 1. The highest BCUT2D eigenvalue weighted by molar-refractivity contribution is 4.85. The number of rotatable bonds is 7. The number of aliphatic hydroxyl groups is 1. The van der Waals surface area contributed by atoms with Crippen LogP contribution in [0.4, 0.5) is 0 Å². The van der Waals surface area contributed by atoms with Crippen molar-refractivity contribution in [3.05, 3.63) is 0 Å². The molecule has 15 heavy (non-hydrogen) atoms. The second-order valence-electron chi connectivity index (χ2n) is 4.25. The van der Waals surface area contributed by atoms with E-state index >= 15 is 0 Å².